The van der Waals surface area contributed by atoms with Crippen molar-refractivity contribution in [3.8, 4) is 11.5 Å². The summed E-state index contributed by atoms with van der Waals surface area (Å²) in [5, 5.41) is 9.67. The molecular formula is C9H12BrNO2. The van der Waals surface area contributed by atoms with E-state index in [0.29, 0.717) is 17.9 Å². The number of aromatic hydroxyl groups is 1. The predicted molar refractivity (Wildman–Crippen MR) is 55.0 cm³/mol. The average Bonchev–Trinajstić information content (AvgIpc) is 2.12. The number of methoxy groups -OCH3 is 1. The van der Waals surface area contributed by atoms with E-state index in [1.165, 1.54) is 7.11 Å². The maximum absolute atomic E-state index is 9.67. The number of nitrogens with two attached hydrogens (primary N) is 1. The van der Waals surface area contributed by atoms with Crippen LogP contribution in [0.15, 0.2) is 10.5 Å². The van der Waals surface area contributed by atoms with Gasteiger partial charge in [-0.15, -0.1) is 0 Å². The Hall–Kier alpha value is -0.740. The van der Waals surface area contributed by atoms with Crippen LogP contribution in [-0.2, 0) is 6.54 Å². The van der Waals surface area contributed by atoms with Crippen LogP contribution in [0.4, 0.5) is 0 Å². The molecule has 1 aromatic rings. The molecule has 0 aliphatic heterocycles. The van der Waals surface area contributed by atoms with Crippen LogP contribution in [0.1, 0.15) is 11.1 Å². The zero-order chi connectivity index (χ0) is 10.0. The summed E-state index contributed by atoms with van der Waals surface area (Å²) in [6.45, 7) is 2.16. The van der Waals surface area contributed by atoms with Gasteiger partial charge in [0.15, 0.2) is 11.5 Å². The normalized spacial score (nSPS) is 10.2. The molecule has 0 aliphatic carbocycles. The van der Waals surface area contributed by atoms with Crippen LogP contribution in [0.3, 0.4) is 0 Å². The van der Waals surface area contributed by atoms with Crippen molar-refractivity contribution < 1.29 is 9.84 Å². The second-order valence-electron chi connectivity index (χ2n) is 2.73. The van der Waals surface area contributed by atoms with Crippen LogP contribution in [0.5, 0.6) is 11.5 Å². The molecule has 0 atom stereocenters. The summed E-state index contributed by atoms with van der Waals surface area (Å²) in [5.41, 5.74) is 7.00. The maximum Gasteiger partial charge on any atom is 0.164 e. The van der Waals surface area contributed by atoms with E-state index in [-0.39, 0.29) is 5.75 Å². The quantitative estimate of drug-likeness (QED) is 0.838. The van der Waals surface area contributed by atoms with Crippen molar-refractivity contribution >= 4 is 15.9 Å². The molecule has 0 saturated carbocycles. The van der Waals surface area contributed by atoms with Gasteiger partial charge in [-0.25, -0.2) is 0 Å². The minimum absolute atomic E-state index is 0.130. The standard InChI is InChI=1S/C9H12BrNO2/c1-5-7(10)3-6(4-11)8(12)9(5)13-2/h3,12H,4,11H2,1-2H3. The molecule has 0 unspecified atom stereocenters. The van der Waals surface area contributed by atoms with Crippen molar-refractivity contribution in [2.75, 3.05) is 7.11 Å². The molecule has 0 amide bonds. The molecule has 0 radical (unpaired) electrons. The third kappa shape index (κ3) is 1.78. The molecule has 1 rings (SSSR count). The summed E-state index contributed by atoms with van der Waals surface area (Å²) in [5.74, 6) is 0.612. The van der Waals surface area contributed by atoms with Gasteiger partial charge in [-0.1, -0.05) is 15.9 Å². The second-order valence-corrected chi connectivity index (χ2v) is 3.58. The van der Waals surface area contributed by atoms with Gasteiger partial charge in [0.1, 0.15) is 0 Å². The Bertz CT molecular complexity index is 326. The van der Waals surface area contributed by atoms with E-state index in [0.717, 1.165) is 10.0 Å². The summed E-state index contributed by atoms with van der Waals surface area (Å²) >= 11 is 3.37. The fourth-order valence-electron chi connectivity index (χ4n) is 1.17. The first-order valence-corrected chi connectivity index (χ1v) is 4.66. The summed E-state index contributed by atoms with van der Waals surface area (Å²) < 4.78 is 5.95. The molecule has 0 saturated heterocycles. The topological polar surface area (TPSA) is 55.5 Å². The second kappa shape index (κ2) is 3.98. The molecule has 1 aromatic carbocycles. The molecule has 0 aromatic heterocycles. The maximum atomic E-state index is 9.67. The van der Waals surface area contributed by atoms with Crippen molar-refractivity contribution in [1.29, 1.82) is 0 Å². The lowest BCUT2D eigenvalue weighted by atomic mass is 10.1. The van der Waals surface area contributed by atoms with Crippen molar-refractivity contribution in [3.05, 3.63) is 21.7 Å². The summed E-state index contributed by atoms with van der Waals surface area (Å²) in [7, 11) is 1.52. The lowest BCUT2D eigenvalue weighted by Crippen LogP contribution is -1.99. The predicted octanol–water partition coefficient (Wildman–Crippen LogP) is 1.93. The van der Waals surface area contributed by atoms with E-state index < -0.39 is 0 Å². The molecule has 0 bridgehead atoms. The summed E-state index contributed by atoms with van der Waals surface area (Å²) in [4.78, 5) is 0. The minimum atomic E-state index is 0.130. The van der Waals surface area contributed by atoms with Gasteiger partial charge in [0.25, 0.3) is 0 Å². The summed E-state index contributed by atoms with van der Waals surface area (Å²) in [6, 6.07) is 1.80. The monoisotopic (exact) mass is 245 g/mol. The van der Waals surface area contributed by atoms with Gasteiger partial charge in [-0.2, -0.15) is 0 Å². The van der Waals surface area contributed by atoms with Crippen molar-refractivity contribution in [2.24, 2.45) is 5.73 Å². The van der Waals surface area contributed by atoms with Crippen molar-refractivity contribution in [1.82, 2.24) is 0 Å². The molecule has 3 nitrogen and oxygen atoms in total. The van der Waals surface area contributed by atoms with Gasteiger partial charge in [-0.05, 0) is 13.0 Å². The Morgan fingerprint density at radius 3 is 2.69 bits per heavy atom. The average molecular weight is 246 g/mol. The van der Waals surface area contributed by atoms with E-state index in [9.17, 15) is 5.11 Å². The molecule has 0 fully saturated rings. The lowest BCUT2D eigenvalue weighted by molar-refractivity contribution is 0.367. The number of phenols is 1. The fraction of sp³-hybridized carbons (Fsp3) is 0.333. The number of halogens is 1. The number of hydrogen-bond donors (Lipinski definition) is 2. The van der Waals surface area contributed by atoms with Crippen molar-refractivity contribution in [3.63, 3.8) is 0 Å². The molecule has 4 heteroatoms. The van der Waals surface area contributed by atoms with Crippen LogP contribution in [0.25, 0.3) is 0 Å². The van der Waals surface area contributed by atoms with Gasteiger partial charge in [0.05, 0.1) is 7.11 Å². The number of hydrogen-bond acceptors (Lipinski definition) is 3. The third-order valence-corrected chi connectivity index (χ3v) is 2.77. The van der Waals surface area contributed by atoms with Crippen molar-refractivity contribution in [2.45, 2.75) is 13.5 Å². The Morgan fingerprint density at radius 1 is 1.62 bits per heavy atom. The van der Waals surface area contributed by atoms with Gasteiger partial charge >= 0.3 is 0 Å². The van der Waals surface area contributed by atoms with E-state index in [1.54, 1.807) is 6.07 Å². The Labute approximate surface area is 85.6 Å². The molecule has 72 valence electrons. The largest absolute Gasteiger partial charge is 0.504 e. The Kier molecular flexibility index (Phi) is 3.17. The fourth-order valence-corrected chi connectivity index (χ4v) is 1.62. The smallest absolute Gasteiger partial charge is 0.164 e. The first kappa shape index (κ1) is 10.3. The highest BCUT2D eigenvalue weighted by Crippen LogP contribution is 2.37. The molecule has 0 spiro atoms. The molecule has 13 heavy (non-hydrogen) atoms. The number of benzene rings is 1. The van der Waals surface area contributed by atoms with Crippen LogP contribution in [0, 0.1) is 6.92 Å². The first-order valence-electron chi connectivity index (χ1n) is 3.86. The Morgan fingerprint density at radius 2 is 2.23 bits per heavy atom. The third-order valence-electron chi connectivity index (χ3n) is 1.94. The van der Waals surface area contributed by atoms with Gasteiger partial charge < -0.3 is 15.6 Å². The molecule has 0 aliphatic rings. The molecule has 0 heterocycles. The number of ether oxygens (including phenoxy) is 1. The highest BCUT2D eigenvalue weighted by Gasteiger charge is 2.12. The van der Waals surface area contributed by atoms with Gasteiger partial charge in [0.2, 0.25) is 0 Å². The van der Waals surface area contributed by atoms with E-state index in [4.69, 9.17) is 10.5 Å². The van der Waals surface area contributed by atoms with Crippen LogP contribution in [0.2, 0.25) is 0 Å². The van der Waals surface area contributed by atoms with E-state index in [2.05, 4.69) is 15.9 Å². The zero-order valence-electron chi connectivity index (χ0n) is 7.60. The van der Waals surface area contributed by atoms with Crippen LogP contribution >= 0.6 is 15.9 Å². The number of phenolic OH excluding ortho intramolecular Hbond substituents is 1. The highest BCUT2D eigenvalue weighted by molar-refractivity contribution is 9.10. The first-order chi connectivity index (χ1) is 6.11. The van der Waals surface area contributed by atoms with Gasteiger partial charge in [0, 0.05) is 22.1 Å². The van der Waals surface area contributed by atoms with Crippen LogP contribution in [-0.4, -0.2) is 12.2 Å². The van der Waals surface area contributed by atoms with E-state index >= 15 is 0 Å². The van der Waals surface area contributed by atoms with E-state index in [1.807, 2.05) is 6.92 Å². The Balaban J connectivity index is 3.39. The highest BCUT2D eigenvalue weighted by atomic mass is 79.9. The summed E-state index contributed by atoms with van der Waals surface area (Å²) in [6.07, 6.45) is 0. The SMILES string of the molecule is COc1c(C)c(Br)cc(CN)c1O. The minimum Gasteiger partial charge on any atom is -0.504 e. The molecular weight excluding hydrogens is 234 g/mol. The van der Waals surface area contributed by atoms with Gasteiger partial charge in [-0.3, -0.25) is 0 Å². The van der Waals surface area contributed by atoms with Crippen LogP contribution < -0.4 is 10.5 Å². The number of rotatable bonds is 2. The lowest BCUT2D eigenvalue weighted by Gasteiger charge is -2.12. The zero-order valence-corrected chi connectivity index (χ0v) is 9.18. The molecule has 3 N–H and O–H groups in total.